The molecule has 2 rings (SSSR count). The second kappa shape index (κ2) is 4.48. The summed E-state index contributed by atoms with van der Waals surface area (Å²) in [5.74, 6) is 1.69. The molecule has 0 radical (unpaired) electrons. The van der Waals surface area contributed by atoms with Gasteiger partial charge >= 0.3 is 0 Å². The predicted molar refractivity (Wildman–Crippen MR) is 67.5 cm³/mol. The van der Waals surface area contributed by atoms with Crippen molar-refractivity contribution in [2.45, 2.75) is 46.1 Å². The van der Waals surface area contributed by atoms with E-state index in [9.17, 15) is 0 Å². The van der Waals surface area contributed by atoms with Crippen LogP contribution in [0.2, 0.25) is 0 Å². The van der Waals surface area contributed by atoms with Crippen molar-refractivity contribution in [3.05, 3.63) is 11.9 Å². The second-order valence-electron chi connectivity index (χ2n) is 5.53. The van der Waals surface area contributed by atoms with Crippen molar-refractivity contribution >= 4 is 5.69 Å². The van der Waals surface area contributed by atoms with Gasteiger partial charge in [-0.25, -0.2) is 0 Å². The van der Waals surface area contributed by atoms with E-state index in [4.69, 9.17) is 0 Å². The molecule has 16 heavy (non-hydrogen) atoms. The fourth-order valence-electron chi connectivity index (χ4n) is 2.93. The first kappa shape index (κ1) is 11.5. The van der Waals surface area contributed by atoms with Gasteiger partial charge in [-0.1, -0.05) is 13.8 Å². The monoisotopic (exact) mass is 221 g/mol. The number of nitrogens with one attached hydrogen (secondary N) is 1. The highest BCUT2D eigenvalue weighted by molar-refractivity contribution is 5.46. The lowest BCUT2D eigenvalue weighted by molar-refractivity contribution is 0.281. The van der Waals surface area contributed by atoms with Crippen molar-refractivity contribution in [3.8, 4) is 0 Å². The minimum absolute atomic E-state index is 0.627. The maximum atomic E-state index is 4.27. The highest BCUT2D eigenvalue weighted by Gasteiger charge is 2.24. The fraction of sp³-hybridized carbons (Fsp3) is 0.769. The fourth-order valence-corrected chi connectivity index (χ4v) is 2.93. The lowest BCUT2D eigenvalue weighted by atomic mass is 9.80. The van der Waals surface area contributed by atoms with Crippen LogP contribution in [0.4, 0.5) is 5.69 Å². The number of hydrogen-bond donors (Lipinski definition) is 1. The predicted octanol–water partition coefficient (Wildman–Crippen LogP) is 2.97. The van der Waals surface area contributed by atoms with Crippen molar-refractivity contribution in [1.29, 1.82) is 0 Å². The summed E-state index contributed by atoms with van der Waals surface area (Å²) in [6.07, 6.45) is 5.90. The molecule has 0 amide bonds. The van der Waals surface area contributed by atoms with Gasteiger partial charge in [-0.05, 0) is 38.0 Å². The molecule has 1 aliphatic rings. The first-order valence-corrected chi connectivity index (χ1v) is 6.31. The highest BCUT2D eigenvalue weighted by atomic mass is 15.3. The van der Waals surface area contributed by atoms with Crippen molar-refractivity contribution < 1.29 is 0 Å². The van der Waals surface area contributed by atoms with E-state index in [-0.39, 0.29) is 0 Å². The van der Waals surface area contributed by atoms with Crippen LogP contribution in [0.3, 0.4) is 0 Å². The first-order chi connectivity index (χ1) is 7.56. The molecule has 1 heterocycles. The van der Waals surface area contributed by atoms with Gasteiger partial charge in [0.2, 0.25) is 0 Å². The molecule has 0 aromatic carbocycles. The summed E-state index contributed by atoms with van der Waals surface area (Å²) in [4.78, 5) is 0. The van der Waals surface area contributed by atoms with E-state index in [2.05, 4.69) is 31.2 Å². The summed E-state index contributed by atoms with van der Waals surface area (Å²) in [5, 5.41) is 7.92. The smallest absolute Gasteiger partial charge is 0.0758 e. The van der Waals surface area contributed by atoms with Crippen LogP contribution in [-0.4, -0.2) is 15.8 Å². The third-order valence-electron chi connectivity index (χ3n) is 3.77. The number of rotatable bonds is 2. The van der Waals surface area contributed by atoms with Gasteiger partial charge in [-0.3, -0.25) is 4.68 Å². The van der Waals surface area contributed by atoms with E-state index in [1.54, 1.807) is 0 Å². The van der Waals surface area contributed by atoms with Gasteiger partial charge in [0.1, 0.15) is 0 Å². The van der Waals surface area contributed by atoms with Crippen LogP contribution in [0, 0.1) is 18.8 Å². The highest BCUT2D eigenvalue weighted by Crippen LogP contribution is 2.30. The molecular formula is C13H23N3. The van der Waals surface area contributed by atoms with Gasteiger partial charge < -0.3 is 5.32 Å². The third kappa shape index (κ3) is 2.39. The summed E-state index contributed by atoms with van der Waals surface area (Å²) in [7, 11) is 1.99. The minimum Gasteiger partial charge on any atom is -0.380 e. The Balaban J connectivity index is 2.01. The van der Waals surface area contributed by atoms with Crippen molar-refractivity contribution in [1.82, 2.24) is 9.78 Å². The van der Waals surface area contributed by atoms with Crippen LogP contribution in [0.25, 0.3) is 0 Å². The molecule has 1 aromatic rings. The topological polar surface area (TPSA) is 29.9 Å². The first-order valence-electron chi connectivity index (χ1n) is 6.31. The Labute approximate surface area is 98.2 Å². The van der Waals surface area contributed by atoms with E-state index < -0.39 is 0 Å². The van der Waals surface area contributed by atoms with Crippen LogP contribution in [0.5, 0.6) is 0 Å². The van der Waals surface area contributed by atoms with Crippen molar-refractivity contribution in [2.24, 2.45) is 18.9 Å². The van der Waals surface area contributed by atoms with Crippen LogP contribution >= 0.6 is 0 Å². The number of aryl methyl sites for hydroxylation is 1. The van der Waals surface area contributed by atoms with Gasteiger partial charge in [0.05, 0.1) is 17.6 Å². The van der Waals surface area contributed by atoms with E-state index >= 15 is 0 Å². The summed E-state index contributed by atoms with van der Waals surface area (Å²) in [6, 6.07) is 0.627. The average molecular weight is 221 g/mol. The standard InChI is InChI=1S/C13H23N3/c1-9-5-10(2)7-12(6-9)15-13-8-14-16(4)11(13)3/h8-10,12,15H,5-7H2,1-4H3. The van der Waals surface area contributed by atoms with Gasteiger partial charge in [0.25, 0.3) is 0 Å². The zero-order valence-electron chi connectivity index (χ0n) is 10.8. The van der Waals surface area contributed by atoms with E-state index in [1.807, 2.05) is 17.9 Å². The molecule has 0 saturated heterocycles. The average Bonchev–Trinajstić information content (AvgIpc) is 2.48. The van der Waals surface area contributed by atoms with Gasteiger partial charge in [-0.2, -0.15) is 5.10 Å². The Hall–Kier alpha value is -0.990. The molecule has 3 heteroatoms. The van der Waals surface area contributed by atoms with Crippen LogP contribution in [0.1, 0.15) is 38.8 Å². The Morgan fingerprint density at radius 3 is 2.38 bits per heavy atom. The Morgan fingerprint density at radius 2 is 1.88 bits per heavy atom. The summed E-state index contributed by atoms with van der Waals surface area (Å²) in [6.45, 7) is 6.84. The van der Waals surface area contributed by atoms with Gasteiger partial charge in [-0.15, -0.1) is 0 Å². The number of hydrogen-bond acceptors (Lipinski definition) is 2. The molecule has 2 atom stereocenters. The van der Waals surface area contributed by atoms with Gasteiger partial charge in [0, 0.05) is 13.1 Å². The Morgan fingerprint density at radius 1 is 1.25 bits per heavy atom. The summed E-state index contributed by atoms with van der Waals surface area (Å²) in [5.41, 5.74) is 2.43. The molecule has 3 nitrogen and oxygen atoms in total. The van der Waals surface area contributed by atoms with E-state index in [1.165, 1.54) is 30.6 Å². The molecule has 0 aliphatic heterocycles. The molecular weight excluding hydrogens is 198 g/mol. The normalized spacial score (nSPS) is 30.4. The molecule has 1 aliphatic carbocycles. The maximum absolute atomic E-state index is 4.27. The summed E-state index contributed by atoms with van der Waals surface area (Å²) < 4.78 is 1.93. The number of nitrogens with zero attached hydrogens (tertiary/aromatic N) is 2. The van der Waals surface area contributed by atoms with Crippen LogP contribution in [0.15, 0.2) is 6.20 Å². The number of aromatic nitrogens is 2. The Kier molecular flexibility index (Phi) is 3.22. The zero-order chi connectivity index (χ0) is 11.7. The molecule has 90 valence electrons. The second-order valence-corrected chi connectivity index (χ2v) is 5.53. The lowest BCUT2D eigenvalue weighted by Crippen LogP contribution is -2.30. The Bertz CT molecular complexity index is 346. The molecule has 1 saturated carbocycles. The molecule has 1 N–H and O–H groups in total. The van der Waals surface area contributed by atoms with E-state index in [0.29, 0.717) is 6.04 Å². The maximum Gasteiger partial charge on any atom is 0.0758 e. The summed E-state index contributed by atoms with van der Waals surface area (Å²) >= 11 is 0. The SMILES string of the molecule is Cc1c(NC2CC(C)CC(C)C2)cnn1C. The minimum atomic E-state index is 0.627. The zero-order valence-corrected chi connectivity index (χ0v) is 10.8. The molecule has 0 spiro atoms. The van der Waals surface area contributed by atoms with E-state index in [0.717, 1.165) is 11.8 Å². The van der Waals surface area contributed by atoms with Crippen LogP contribution < -0.4 is 5.32 Å². The van der Waals surface area contributed by atoms with Crippen molar-refractivity contribution in [2.75, 3.05) is 5.32 Å². The quantitative estimate of drug-likeness (QED) is 0.832. The van der Waals surface area contributed by atoms with Crippen molar-refractivity contribution in [3.63, 3.8) is 0 Å². The largest absolute Gasteiger partial charge is 0.380 e. The van der Waals surface area contributed by atoms with Crippen LogP contribution in [-0.2, 0) is 7.05 Å². The molecule has 1 aromatic heterocycles. The lowest BCUT2D eigenvalue weighted by Gasteiger charge is -2.32. The molecule has 2 unspecified atom stereocenters. The third-order valence-corrected chi connectivity index (χ3v) is 3.77. The number of anilines is 1. The van der Waals surface area contributed by atoms with Gasteiger partial charge in [0.15, 0.2) is 0 Å². The molecule has 0 bridgehead atoms. The molecule has 1 fully saturated rings.